The number of carbonyl (C=O) groups excluding carboxylic acids is 1. The summed E-state index contributed by atoms with van der Waals surface area (Å²) >= 11 is 1.57. The van der Waals surface area contributed by atoms with Crippen molar-refractivity contribution in [3.63, 3.8) is 0 Å². The third-order valence-corrected chi connectivity index (χ3v) is 7.72. The molecule has 0 aromatic heterocycles. The molecule has 4 atom stereocenters. The predicted molar refractivity (Wildman–Crippen MR) is 122 cm³/mol. The molecule has 1 aliphatic carbocycles. The van der Waals surface area contributed by atoms with Crippen LogP contribution in [0.4, 0.5) is 0 Å². The van der Waals surface area contributed by atoms with E-state index in [-0.39, 0.29) is 16.4 Å². The maximum atomic E-state index is 13.3. The molecule has 0 N–H and O–H groups in total. The summed E-state index contributed by atoms with van der Waals surface area (Å²) in [5.41, 5.74) is 2.46. The highest BCUT2D eigenvalue weighted by Crippen LogP contribution is 2.47. The van der Waals surface area contributed by atoms with Gasteiger partial charge in [0.2, 0.25) is 0 Å². The summed E-state index contributed by atoms with van der Waals surface area (Å²) in [5, 5.41) is 0.576. The highest BCUT2D eigenvalue weighted by atomic mass is 32.2. The second kappa shape index (κ2) is 9.13. The summed E-state index contributed by atoms with van der Waals surface area (Å²) in [4.78, 5) is 13.3. The molecular formula is C26H32OS. The molecule has 2 aromatic rings. The van der Waals surface area contributed by atoms with Gasteiger partial charge in [-0.15, -0.1) is 6.58 Å². The molecule has 0 amide bonds. The van der Waals surface area contributed by atoms with Gasteiger partial charge in [-0.2, -0.15) is 0 Å². The monoisotopic (exact) mass is 392 g/mol. The van der Waals surface area contributed by atoms with Crippen LogP contribution in [0.5, 0.6) is 0 Å². The number of hydrogen-bond acceptors (Lipinski definition) is 2. The Kier molecular flexibility index (Phi) is 6.82. The van der Waals surface area contributed by atoms with Crippen molar-refractivity contribution in [1.82, 2.24) is 0 Å². The molecule has 3 rings (SSSR count). The van der Waals surface area contributed by atoms with Crippen LogP contribution < -0.4 is 0 Å². The van der Waals surface area contributed by atoms with E-state index in [0.29, 0.717) is 17.1 Å². The van der Waals surface area contributed by atoms with Crippen LogP contribution in [0.1, 0.15) is 57.1 Å². The third-order valence-electron chi connectivity index (χ3n) is 6.41. The van der Waals surface area contributed by atoms with Gasteiger partial charge >= 0.3 is 0 Å². The summed E-state index contributed by atoms with van der Waals surface area (Å²) in [6.07, 6.45) is 5.33. The molecule has 0 heterocycles. The predicted octanol–water partition coefficient (Wildman–Crippen LogP) is 7.00. The summed E-state index contributed by atoms with van der Waals surface area (Å²) in [6, 6.07) is 20.8. The lowest BCUT2D eigenvalue weighted by atomic mass is 9.65. The Morgan fingerprint density at radius 2 is 1.68 bits per heavy atom. The van der Waals surface area contributed by atoms with Crippen LogP contribution in [-0.4, -0.2) is 10.4 Å². The van der Waals surface area contributed by atoms with Crippen LogP contribution in [-0.2, 0) is 10.2 Å². The minimum atomic E-state index is -0.232. The number of hydrogen-bond donors (Lipinski definition) is 0. The first-order valence-corrected chi connectivity index (χ1v) is 11.2. The van der Waals surface area contributed by atoms with E-state index in [1.54, 1.807) is 17.8 Å². The molecule has 0 radical (unpaired) electrons. The standard InChI is InChI=1S/C26H32OS/c1-5-22(20-12-8-6-9-13-20)25(27)28-24-18-19(2)16-17-23(24)26(3,4)21-14-10-7-11-15-21/h5-15,19,22-24H,1,16-18H2,2-4H3/t19-,22-,23-,24-/m1/s1. The van der Waals surface area contributed by atoms with E-state index in [1.807, 2.05) is 30.3 Å². The number of benzene rings is 2. The van der Waals surface area contributed by atoms with E-state index >= 15 is 0 Å². The highest BCUT2D eigenvalue weighted by Gasteiger charge is 2.41. The summed E-state index contributed by atoms with van der Waals surface area (Å²) in [7, 11) is 0. The molecule has 0 saturated heterocycles. The van der Waals surface area contributed by atoms with Crippen LogP contribution in [0, 0.1) is 11.8 Å². The fourth-order valence-electron chi connectivity index (χ4n) is 4.62. The first kappa shape index (κ1) is 20.9. The molecule has 28 heavy (non-hydrogen) atoms. The Morgan fingerprint density at radius 3 is 2.29 bits per heavy atom. The topological polar surface area (TPSA) is 17.1 Å². The summed E-state index contributed by atoms with van der Waals surface area (Å²) in [6.45, 7) is 11.0. The van der Waals surface area contributed by atoms with Crippen molar-refractivity contribution >= 4 is 16.9 Å². The number of allylic oxidation sites excluding steroid dienone is 1. The Morgan fingerprint density at radius 1 is 1.07 bits per heavy atom. The van der Waals surface area contributed by atoms with Crippen molar-refractivity contribution in [3.05, 3.63) is 84.4 Å². The van der Waals surface area contributed by atoms with Crippen molar-refractivity contribution in [2.24, 2.45) is 11.8 Å². The smallest absolute Gasteiger partial charge is 0.200 e. The first-order chi connectivity index (χ1) is 13.4. The van der Waals surface area contributed by atoms with Gasteiger partial charge in [0.1, 0.15) is 0 Å². The van der Waals surface area contributed by atoms with Gasteiger partial charge in [-0.25, -0.2) is 0 Å². The fraction of sp³-hybridized carbons (Fsp3) is 0.423. The average Bonchev–Trinajstić information content (AvgIpc) is 2.70. The van der Waals surface area contributed by atoms with E-state index in [2.05, 4.69) is 57.7 Å². The quantitative estimate of drug-likeness (QED) is 0.492. The van der Waals surface area contributed by atoms with Crippen molar-refractivity contribution in [2.75, 3.05) is 0 Å². The lowest BCUT2D eigenvalue weighted by Crippen LogP contribution is -2.40. The van der Waals surface area contributed by atoms with E-state index in [9.17, 15) is 4.79 Å². The third kappa shape index (κ3) is 4.60. The van der Waals surface area contributed by atoms with Gasteiger partial charge in [0, 0.05) is 5.25 Å². The Balaban J connectivity index is 1.82. The van der Waals surface area contributed by atoms with Crippen LogP contribution in [0.25, 0.3) is 0 Å². The fourth-order valence-corrected chi connectivity index (χ4v) is 6.36. The molecule has 2 aromatic carbocycles. The van der Waals surface area contributed by atoms with Crippen molar-refractivity contribution < 1.29 is 4.79 Å². The van der Waals surface area contributed by atoms with Gasteiger partial charge in [-0.05, 0) is 41.2 Å². The van der Waals surface area contributed by atoms with Crippen LogP contribution in [0.15, 0.2) is 73.3 Å². The molecule has 1 saturated carbocycles. The van der Waals surface area contributed by atoms with E-state index in [0.717, 1.165) is 12.0 Å². The maximum Gasteiger partial charge on any atom is 0.200 e. The Labute approximate surface area is 174 Å². The summed E-state index contributed by atoms with van der Waals surface area (Å²) < 4.78 is 0. The Hall–Kier alpha value is -1.80. The number of rotatable bonds is 6. The normalized spacial score (nSPS) is 23.8. The van der Waals surface area contributed by atoms with Crippen LogP contribution in [0.2, 0.25) is 0 Å². The molecule has 0 bridgehead atoms. The maximum absolute atomic E-state index is 13.3. The van der Waals surface area contributed by atoms with Gasteiger partial charge in [0.05, 0.1) is 5.92 Å². The zero-order valence-corrected chi connectivity index (χ0v) is 18.1. The lowest BCUT2D eigenvalue weighted by Gasteiger charge is -2.44. The second-order valence-corrected chi connectivity index (χ2v) is 9.96. The molecule has 1 fully saturated rings. The molecule has 0 unspecified atom stereocenters. The minimum absolute atomic E-state index is 0.0514. The zero-order valence-electron chi connectivity index (χ0n) is 17.3. The minimum Gasteiger partial charge on any atom is -0.286 e. The van der Waals surface area contributed by atoms with Gasteiger partial charge in [0.25, 0.3) is 0 Å². The molecule has 1 aliphatic rings. The highest BCUT2D eigenvalue weighted by molar-refractivity contribution is 8.14. The molecule has 1 nitrogen and oxygen atoms in total. The van der Waals surface area contributed by atoms with Crippen LogP contribution >= 0.6 is 11.8 Å². The lowest BCUT2D eigenvalue weighted by molar-refractivity contribution is -0.111. The average molecular weight is 393 g/mol. The second-order valence-electron chi connectivity index (χ2n) is 8.71. The molecular weight excluding hydrogens is 360 g/mol. The molecule has 148 valence electrons. The van der Waals surface area contributed by atoms with Crippen molar-refractivity contribution in [3.8, 4) is 0 Å². The van der Waals surface area contributed by atoms with Crippen molar-refractivity contribution in [2.45, 2.75) is 56.6 Å². The molecule has 0 spiro atoms. The first-order valence-electron chi connectivity index (χ1n) is 10.4. The van der Waals surface area contributed by atoms with Gasteiger partial charge in [-0.1, -0.05) is 106 Å². The Bertz CT molecular complexity index is 781. The van der Waals surface area contributed by atoms with E-state index < -0.39 is 0 Å². The molecule has 2 heteroatoms. The van der Waals surface area contributed by atoms with Gasteiger partial charge in [0.15, 0.2) is 5.12 Å². The zero-order chi connectivity index (χ0) is 20.1. The molecule has 0 aliphatic heterocycles. The van der Waals surface area contributed by atoms with Crippen LogP contribution in [0.3, 0.4) is 0 Å². The SMILES string of the molecule is C=C[C@@H](C(=O)S[C@@H]1C[C@H](C)CC[C@H]1C(C)(C)c1ccccc1)c1ccccc1. The van der Waals surface area contributed by atoms with E-state index in [4.69, 9.17) is 0 Å². The largest absolute Gasteiger partial charge is 0.286 e. The van der Waals surface area contributed by atoms with E-state index in [1.165, 1.54) is 18.4 Å². The van der Waals surface area contributed by atoms with Gasteiger partial charge < -0.3 is 0 Å². The number of carbonyl (C=O) groups is 1. The van der Waals surface area contributed by atoms with Gasteiger partial charge in [-0.3, -0.25) is 4.79 Å². The number of thioether (sulfide) groups is 1. The summed E-state index contributed by atoms with van der Waals surface area (Å²) in [5.74, 6) is 0.928. The van der Waals surface area contributed by atoms with Crippen molar-refractivity contribution in [1.29, 1.82) is 0 Å².